The normalized spacial score (nSPS) is 10.9. The van der Waals surface area contributed by atoms with Crippen LogP contribution in [0.25, 0.3) is 0 Å². The molecule has 0 fully saturated rings. The molecule has 6 nitrogen and oxygen atoms in total. The molecule has 4 aromatic rings. The highest BCUT2D eigenvalue weighted by molar-refractivity contribution is 7.99. The molecule has 0 saturated heterocycles. The Morgan fingerprint density at radius 2 is 2.07 bits per heavy atom. The fourth-order valence-electron chi connectivity index (χ4n) is 2.72. The van der Waals surface area contributed by atoms with Gasteiger partial charge in [-0.3, -0.25) is 9.36 Å². The Morgan fingerprint density at radius 1 is 1.17 bits per heavy atom. The largest absolute Gasteiger partial charge is 0.467 e. The molecule has 1 aromatic carbocycles. The number of nitrogens with zero attached hydrogens (tertiary/aromatic N) is 3. The van der Waals surface area contributed by atoms with E-state index in [1.54, 1.807) is 29.7 Å². The average Bonchev–Trinajstić information content (AvgIpc) is 3.47. The smallest absolute Gasteiger partial charge is 0.234 e. The Hall–Kier alpha value is -2.91. The summed E-state index contributed by atoms with van der Waals surface area (Å²) in [6, 6.07) is 13.8. The van der Waals surface area contributed by atoms with Crippen LogP contribution in [0.3, 0.4) is 0 Å². The number of aromatic nitrogens is 3. The van der Waals surface area contributed by atoms with Gasteiger partial charge in [-0.15, -0.1) is 21.5 Å². The van der Waals surface area contributed by atoms with Gasteiger partial charge in [0.05, 0.1) is 24.2 Å². The third-order valence-corrected chi connectivity index (χ3v) is 5.92. The summed E-state index contributed by atoms with van der Waals surface area (Å²) in [6.45, 7) is 0.470. The van der Waals surface area contributed by atoms with Gasteiger partial charge in [0.25, 0.3) is 0 Å². The summed E-state index contributed by atoms with van der Waals surface area (Å²) in [6.07, 6.45) is 2.26. The van der Waals surface area contributed by atoms with Crippen molar-refractivity contribution in [3.05, 3.63) is 82.5 Å². The summed E-state index contributed by atoms with van der Waals surface area (Å²) in [7, 11) is 0. The Bertz CT molecular complexity index is 1080. The van der Waals surface area contributed by atoms with Crippen LogP contribution in [0.4, 0.5) is 10.1 Å². The molecule has 0 spiro atoms. The van der Waals surface area contributed by atoms with Crippen LogP contribution in [-0.2, 0) is 17.8 Å². The molecule has 1 amide bonds. The molecule has 0 aliphatic rings. The zero-order chi connectivity index (χ0) is 20.1. The van der Waals surface area contributed by atoms with Gasteiger partial charge in [0.2, 0.25) is 5.91 Å². The molecule has 29 heavy (non-hydrogen) atoms. The molecule has 0 saturated carbocycles. The van der Waals surface area contributed by atoms with Crippen LogP contribution in [0.2, 0.25) is 0 Å². The maximum Gasteiger partial charge on any atom is 0.234 e. The van der Waals surface area contributed by atoms with Crippen molar-refractivity contribution in [3.8, 4) is 0 Å². The number of anilines is 1. The second-order valence-corrected chi connectivity index (χ2v) is 8.11. The monoisotopic (exact) mass is 428 g/mol. The van der Waals surface area contributed by atoms with Crippen LogP contribution < -0.4 is 5.32 Å². The van der Waals surface area contributed by atoms with Gasteiger partial charge in [-0.1, -0.05) is 30.0 Å². The van der Waals surface area contributed by atoms with Gasteiger partial charge in [0, 0.05) is 11.3 Å². The van der Waals surface area contributed by atoms with E-state index < -0.39 is 5.82 Å². The van der Waals surface area contributed by atoms with E-state index in [1.807, 2.05) is 34.2 Å². The summed E-state index contributed by atoms with van der Waals surface area (Å²) in [4.78, 5) is 13.4. The van der Waals surface area contributed by atoms with E-state index in [0.29, 0.717) is 18.1 Å². The third-order valence-electron chi connectivity index (χ3n) is 4.08. The lowest BCUT2D eigenvalue weighted by atomic mass is 10.3. The number of amides is 1. The highest BCUT2D eigenvalue weighted by Gasteiger charge is 2.17. The molecule has 0 bridgehead atoms. The standard InChI is InChI=1S/C20H17FN4O2S2/c21-16-7-1-2-8-17(16)22-19(26)13-29-20-24-23-18(11-15-6-4-10-28-15)25(20)12-14-5-3-9-27-14/h1-10H,11-13H2,(H,22,26). The second kappa shape index (κ2) is 9.06. The summed E-state index contributed by atoms with van der Waals surface area (Å²) >= 11 is 2.91. The molecular formula is C20H17FN4O2S2. The number of carbonyl (C=O) groups excluding carboxylic acids is 1. The van der Waals surface area contributed by atoms with Gasteiger partial charge < -0.3 is 9.73 Å². The van der Waals surface area contributed by atoms with E-state index in [1.165, 1.54) is 28.8 Å². The number of thiophene rings is 1. The number of nitrogens with one attached hydrogen (secondary N) is 1. The lowest BCUT2D eigenvalue weighted by Crippen LogP contribution is -2.16. The fourth-order valence-corrected chi connectivity index (χ4v) is 4.18. The molecule has 0 radical (unpaired) electrons. The van der Waals surface area contributed by atoms with Gasteiger partial charge >= 0.3 is 0 Å². The molecule has 0 unspecified atom stereocenters. The first kappa shape index (κ1) is 19.4. The highest BCUT2D eigenvalue weighted by Crippen LogP contribution is 2.22. The first-order valence-electron chi connectivity index (χ1n) is 8.83. The molecule has 3 heterocycles. The number of furan rings is 1. The maximum atomic E-state index is 13.7. The Kier molecular flexibility index (Phi) is 6.06. The van der Waals surface area contributed by atoms with Crippen molar-refractivity contribution in [2.45, 2.75) is 18.1 Å². The average molecular weight is 429 g/mol. The van der Waals surface area contributed by atoms with Crippen molar-refractivity contribution < 1.29 is 13.6 Å². The molecule has 148 valence electrons. The number of benzene rings is 1. The first-order chi connectivity index (χ1) is 14.2. The van der Waals surface area contributed by atoms with Crippen molar-refractivity contribution in [2.75, 3.05) is 11.1 Å². The van der Waals surface area contributed by atoms with Crippen LogP contribution in [-0.4, -0.2) is 26.4 Å². The lowest BCUT2D eigenvalue weighted by molar-refractivity contribution is -0.113. The quantitative estimate of drug-likeness (QED) is 0.420. The fraction of sp³-hybridized carbons (Fsp3) is 0.150. The number of rotatable bonds is 8. The Balaban J connectivity index is 1.48. The van der Waals surface area contributed by atoms with E-state index in [2.05, 4.69) is 15.5 Å². The zero-order valence-electron chi connectivity index (χ0n) is 15.2. The Labute approximate surface area is 174 Å². The zero-order valence-corrected chi connectivity index (χ0v) is 16.9. The van der Waals surface area contributed by atoms with Crippen molar-refractivity contribution >= 4 is 34.7 Å². The topological polar surface area (TPSA) is 73.0 Å². The first-order valence-corrected chi connectivity index (χ1v) is 10.7. The van der Waals surface area contributed by atoms with Gasteiger partial charge in [-0.05, 0) is 35.7 Å². The highest BCUT2D eigenvalue weighted by atomic mass is 32.2. The Morgan fingerprint density at radius 3 is 2.83 bits per heavy atom. The van der Waals surface area contributed by atoms with Crippen LogP contribution in [0, 0.1) is 5.82 Å². The molecular weight excluding hydrogens is 411 g/mol. The number of halogens is 1. The van der Waals surface area contributed by atoms with Gasteiger partial charge in [0.15, 0.2) is 5.16 Å². The van der Waals surface area contributed by atoms with E-state index >= 15 is 0 Å². The second-order valence-electron chi connectivity index (χ2n) is 6.14. The number of thioether (sulfide) groups is 1. The summed E-state index contributed by atoms with van der Waals surface area (Å²) in [5, 5.41) is 13.8. The number of hydrogen-bond donors (Lipinski definition) is 1. The lowest BCUT2D eigenvalue weighted by Gasteiger charge is -2.09. The van der Waals surface area contributed by atoms with E-state index in [9.17, 15) is 9.18 Å². The predicted molar refractivity (Wildman–Crippen MR) is 111 cm³/mol. The van der Waals surface area contributed by atoms with E-state index in [-0.39, 0.29) is 17.3 Å². The van der Waals surface area contributed by atoms with Crippen LogP contribution >= 0.6 is 23.1 Å². The predicted octanol–water partition coefficient (Wildman–Crippen LogP) is 4.44. The van der Waals surface area contributed by atoms with Crippen LogP contribution in [0.15, 0.2) is 69.7 Å². The molecule has 3 aromatic heterocycles. The van der Waals surface area contributed by atoms with Gasteiger partial charge in [-0.25, -0.2) is 4.39 Å². The maximum absolute atomic E-state index is 13.7. The summed E-state index contributed by atoms with van der Waals surface area (Å²) in [5.74, 6) is 0.872. The van der Waals surface area contributed by atoms with Crippen molar-refractivity contribution in [1.82, 2.24) is 14.8 Å². The van der Waals surface area contributed by atoms with Crippen molar-refractivity contribution in [1.29, 1.82) is 0 Å². The summed E-state index contributed by atoms with van der Waals surface area (Å²) < 4.78 is 21.1. The van der Waals surface area contributed by atoms with Gasteiger partial charge in [-0.2, -0.15) is 0 Å². The van der Waals surface area contributed by atoms with Crippen molar-refractivity contribution in [3.63, 3.8) is 0 Å². The molecule has 9 heteroatoms. The minimum absolute atomic E-state index is 0.0869. The minimum atomic E-state index is -0.468. The number of para-hydroxylation sites is 1. The molecule has 0 aliphatic carbocycles. The van der Waals surface area contributed by atoms with Crippen molar-refractivity contribution in [2.24, 2.45) is 0 Å². The minimum Gasteiger partial charge on any atom is -0.467 e. The molecule has 4 rings (SSSR count). The van der Waals surface area contributed by atoms with Gasteiger partial charge in [0.1, 0.15) is 17.4 Å². The molecule has 0 atom stereocenters. The third kappa shape index (κ3) is 4.93. The summed E-state index contributed by atoms with van der Waals surface area (Å²) in [5.41, 5.74) is 0.161. The number of carbonyl (C=O) groups is 1. The molecule has 1 N–H and O–H groups in total. The van der Waals surface area contributed by atoms with E-state index in [4.69, 9.17) is 4.42 Å². The molecule has 0 aliphatic heterocycles. The van der Waals surface area contributed by atoms with Crippen LogP contribution in [0.1, 0.15) is 16.5 Å². The van der Waals surface area contributed by atoms with Crippen LogP contribution in [0.5, 0.6) is 0 Å². The number of hydrogen-bond acceptors (Lipinski definition) is 6. The SMILES string of the molecule is O=C(CSc1nnc(Cc2cccs2)n1Cc1ccco1)Nc1ccccc1F. The van der Waals surface area contributed by atoms with E-state index in [0.717, 1.165) is 11.6 Å².